The van der Waals surface area contributed by atoms with E-state index in [0.29, 0.717) is 23.7 Å². The predicted octanol–water partition coefficient (Wildman–Crippen LogP) is 6.00. The van der Waals surface area contributed by atoms with Crippen molar-refractivity contribution in [3.8, 4) is 29.1 Å². The number of nitriles is 1. The highest BCUT2D eigenvalue weighted by atomic mass is 35.5. The third-order valence-electron chi connectivity index (χ3n) is 5.40. The molecule has 3 aromatic carbocycles. The van der Waals surface area contributed by atoms with Gasteiger partial charge in [-0.05, 0) is 35.9 Å². The first-order valence-corrected chi connectivity index (χ1v) is 11.4. The van der Waals surface area contributed by atoms with Gasteiger partial charge in [0, 0.05) is 11.6 Å². The molecule has 0 bridgehead atoms. The van der Waals surface area contributed by atoms with E-state index >= 15 is 0 Å². The topological polar surface area (TPSA) is 104 Å². The number of nitrogens with zero attached hydrogens (tertiary/aromatic N) is 1. The van der Waals surface area contributed by atoms with Crippen molar-refractivity contribution in [2.75, 3.05) is 13.7 Å². The van der Waals surface area contributed by atoms with Gasteiger partial charge in [0.05, 0.1) is 28.6 Å². The molecule has 0 aliphatic carbocycles. The van der Waals surface area contributed by atoms with Crippen LogP contribution in [0.25, 0.3) is 0 Å². The molecule has 3 aromatic rings. The van der Waals surface area contributed by atoms with Gasteiger partial charge in [0.2, 0.25) is 5.88 Å². The number of methoxy groups -OCH3 is 1. The SMILES string of the molecule is C=CCOc1cccc(C2C(C#N)=C(N)Oc3cc(OC(=O)c4cc(Cl)c(OC)c(Cl)c4)ccc32)c1. The summed E-state index contributed by atoms with van der Waals surface area (Å²) < 4.78 is 22.0. The number of halogens is 2. The first kappa shape index (κ1) is 25.0. The minimum atomic E-state index is -0.679. The van der Waals surface area contributed by atoms with E-state index in [9.17, 15) is 10.1 Å². The van der Waals surface area contributed by atoms with Crippen molar-refractivity contribution < 1.29 is 23.7 Å². The van der Waals surface area contributed by atoms with Crippen LogP contribution in [0.1, 0.15) is 27.4 Å². The Morgan fingerprint density at radius 3 is 2.58 bits per heavy atom. The van der Waals surface area contributed by atoms with E-state index in [1.807, 2.05) is 24.3 Å². The van der Waals surface area contributed by atoms with Gasteiger partial charge < -0.3 is 24.7 Å². The minimum absolute atomic E-state index is 0.0374. The van der Waals surface area contributed by atoms with E-state index in [1.54, 1.807) is 18.2 Å². The van der Waals surface area contributed by atoms with Crippen LogP contribution in [-0.2, 0) is 0 Å². The number of rotatable bonds is 7. The van der Waals surface area contributed by atoms with Crippen LogP contribution in [0.5, 0.6) is 23.0 Å². The van der Waals surface area contributed by atoms with Crippen molar-refractivity contribution in [3.05, 3.63) is 105 Å². The van der Waals surface area contributed by atoms with Gasteiger partial charge in [-0.2, -0.15) is 5.26 Å². The molecular weight excluding hydrogens is 503 g/mol. The molecule has 1 heterocycles. The van der Waals surface area contributed by atoms with Gasteiger partial charge in [-0.15, -0.1) is 0 Å². The number of ether oxygens (including phenoxy) is 4. The maximum absolute atomic E-state index is 12.7. The van der Waals surface area contributed by atoms with Crippen LogP contribution >= 0.6 is 23.2 Å². The van der Waals surface area contributed by atoms with E-state index in [-0.39, 0.29) is 38.6 Å². The molecule has 9 heteroatoms. The Balaban J connectivity index is 1.66. The second kappa shape index (κ2) is 10.6. The van der Waals surface area contributed by atoms with Gasteiger partial charge in [0.15, 0.2) is 5.75 Å². The van der Waals surface area contributed by atoms with Crippen LogP contribution in [0.3, 0.4) is 0 Å². The summed E-state index contributed by atoms with van der Waals surface area (Å²) in [6.07, 6.45) is 1.64. The monoisotopic (exact) mass is 522 g/mol. The highest BCUT2D eigenvalue weighted by molar-refractivity contribution is 6.37. The Hall–Kier alpha value is -4.12. The molecule has 1 aliphatic heterocycles. The number of carbonyl (C=O) groups excluding carboxylic acids is 1. The number of fused-ring (bicyclic) bond motifs is 1. The van der Waals surface area contributed by atoms with Crippen molar-refractivity contribution in [3.63, 3.8) is 0 Å². The van der Waals surface area contributed by atoms with Crippen molar-refractivity contribution >= 4 is 29.2 Å². The van der Waals surface area contributed by atoms with Crippen LogP contribution in [-0.4, -0.2) is 19.7 Å². The van der Waals surface area contributed by atoms with Crippen molar-refractivity contribution in [1.82, 2.24) is 0 Å². The lowest BCUT2D eigenvalue weighted by Crippen LogP contribution is -2.21. The van der Waals surface area contributed by atoms with Gasteiger partial charge in [0.1, 0.15) is 35.5 Å². The molecular formula is C27H20Cl2N2O5. The minimum Gasteiger partial charge on any atom is -0.494 e. The molecule has 2 N–H and O–H groups in total. The number of hydrogen-bond donors (Lipinski definition) is 1. The number of esters is 1. The van der Waals surface area contributed by atoms with Crippen molar-refractivity contribution in [2.24, 2.45) is 5.73 Å². The molecule has 0 saturated heterocycles. The normalized spacial score (nSPS) is 14.2. The fourth-order valence-electron chi connectivity index (χ4n) is 3.82. The molecule has 4 rings (SSSR count). The van der Waals surface area contributed by atoms with Crippen LogP contribution in [0.4, 0.5) is 0 Å². The van der Waals surface area contributed by atoms with Gasteiger partial charge in [-0.1, -0.05) is 54.1 Å². The smallest absolute Gasteiger partial charge is 0.343 e. The summed E-state index contributed by atoms with van der Waals surface area (Å²) in [5.74, 6) is 0.222. The quantitative estimate of drug-likeness (QED) is 0.230. The van der Waals surface area contributed by atoms with Crippen LogP contribution in [0.2, 0.25) is 10.0 Å². The van der Waals surface area contributed by atoms with E-state index in [4.69, 9.17) is 47.9 Å². The van der Waals surface area contributed by atoms with Gasteiger partial charge in [0.25, 0.3) is 0 Å². The van der Waals surface area contributed by atoms with Gasteiger partial charge in [-0.25, -0.2) is 4.79 Å². The molecule has 0 spiro atoms. The molecule has 0 saturated carbocycles. The lowest BCUT2D eigenvalue weighted by Gasteiger charge is -2.27. The number of hydrogen-bond acceptors (Lipinski definition) is 7. The Bertz CT molecular complexity index is 1400. The summed E-state index contributed by atoms with van der Waals surface area (Å²) in [4.78, 5) is 12.7. The maximum Gasteiger partial charge on any atom is 0.343 e. The zero-order valence-corrected chi connectivity index (χ0v) is 20.6. The summed E-state index contributed by atoms with van der Waals surface area (Å²) >= 11 is 12.3. The van der Waals surface area contributed by atoms with Gasteiger partial charge in [-0.3, -0.25) is 0 Å². The van der Waals surface area contributed by atoms with E-state index in [1.165, 1.54) is 25.3 Å². The fraction of sp³-hybridized carbons (Fsp3) is 0.111. The summed E-state index contributed by atoms with van der Waals surface area (Å²) in [5.41, 5.74) is 7.96. The number of allylic oxidation sites excluding steroid dienone is 1. The lowest BCUT2D eigenvalue weighted by molar-refractivity contribution is 0.0734. The third kappa shape index (κ3) is 4.96. The van der Waals surface area contributed by atoms with Crippen LogP contribution in [0.15, 0.2) is 78.7 Å². The van der Waals surface area contributed by atoms with E-state index in [2.05, 4.69) is 12.6 Å². The average Bonchev–Trinajstić information content (AvgIpc) is 2.86. The van der Waals surface area contributed by atoms with Crippen molar-refractivity contribution in [1.29, 1.82) is 5.26 Å². The second-order valence-corrected chi connectivity index (χ2v) is 8.47. The molecule has 1 unspecified atom stereocenters. The average molecular weight is 523 g/mol. The summed E-state index contributed by atoms with van der Waals surface area (Å²) in [5, 5.41) is 10.2. The van der Waals surface area contributed by atoms with Crippen LogP contribution < -0.4 is 24.7 Å². The first-order valence-electron chi connectivity index (χ1n) is 10.7. The molecule has 182 valence electrons. The van der Waals surface area contributed by atoms with E-state index < -0.39 is 11.9 Å². The number of benzene rings is 3. The van der Waals surface area contributed by atoms with Crippen molar-refractivity contribution in [2.45, 2.75) is 5.92 Å². The number of nitrogens with two attached hydrogens (primary N) is 1. The molecule has 1 aliphatic rings. The first-order chi connectivity index (χ1) is 17.4. The summed E-state index contributed by atoms with van der Waals surface area (Å²) in [6, 6.07) is 17.2. The highest BCUT2D eigenvalue weighted by Gasteiger charge is 2.31. The largest absolute Gasteiger partial charge is 0.494 e. The molecule has 1 atom stereocenters. The lowest BCUT2D eigenvalue weighted by atomic mass is 9.83. The Morgan fingerprint density at radius 1 is 1.17 bits per heavy atom. The summed E-state index contributed by atoms with van der Waals surface area (Å²) in [6.45, 7) is 4.00. The maximum atomic E-state index is 12.7. The molecule has 0 fully saturated rings. The Morgan fingerprint density at radius 2 is 1.92 bits per heavy atom. The molecule has 0 amide bonds. The fourth-order valence-corrected chi connectivity index (χ4v) is 4.46. The number of carbonyl (C=O) groups is 1. The summed E-state index contributed by atoms with van der Waals surface area (Å²) in [7, 11) is 1.42. The van der Waals surface area contributed by atoms with E-state index in [0.717, 1.165) is 5.56 Å². The van der Waals surface area contributed by atoms with Crippen LogP contribution in [0, 0.1) is 11.3 Å². The predicted molar refractivity (Wildman–Crippen MR) is 136 cm³/mol. The molecule has 0 radical (unpaired) electrons. The Kier molecular flexibility index (Phi) is 7.39. The third-order valence-corrected chi connectivity index (χ3v) is 5.96. The standard InChI is InChI=1S/C27H20Cl2N2O5/c1-3-9-34-17-6-4-5-15(10-17)24-19-8-7-18(13-23(19)36-26(31)20(24)14-30)35-27(32)16-11-21(28)25(33-2)22(29)12-16/h3-8,10-13,24H,1,9,31H2,2H3. The van der Waals surface area contributed by atoms with Gasteiger partial charge >= 0.3 is 5.97 Å². The zero-order chi connectivity index (χ0) is 25.8. The highest BCUT2D eigenvalue weighted by Crippen LogP contribution is 2.44. The second-order valence-electron chi connectivity index (χ2n) is 7.66. The molecule has 7 nitrogen and oxygen atoms in total. The zero-order valence-electron chi connectivity index (χ0n) is 19.1. The molecule has 0 aromatic heterocycles. The Labute approximate surface area is 217 Å². The molecule has 36 heavy (non-hydrogen) atoms.